The van der Waals surface area contributed by atoms with Gasteiger partial charge in [0.15, 0.2) is 0 Å². The predicted octanol–water partition coefficient (Wildman–Crippen LogP) is 3.07. The fourth-order valence-electron chi connectivity index (χ4n) is 2.82. The molecule has 1 aliphatic rings. The third kappa shape index (κ3) is 2.49. The van der Waals surface area contributed by atoms with Gasteiger partial charge in [-0.25, -0.2) is 0 Å². The molecule has 0 bridgehead atoms. The number of nitrogens with zero attached hydrogens (tertiary/aromatic N) is 1. The van der Waals surface area contributed by atoms with Gasteiger partial charge in [0, 0.05) is 37.4 Å². The molecule has 2 nitrogen and oxygen atoms in total. The molecule has 2 aromatic carbocycles. The van der Waals surface area contributed by atoms with Gasteiger partial charge in [0.1, 0.15) is 0 Å². The van der Waals surface area contributed by atoms with Gasteiger partial charge in [0.25, 0.3) is 0 Å². The van der Waals surface area contributed by atoms with E-state index in [0.29, 0.717) is 0 Å². The number of hydrogen-bond acceptors (Lipinski definition) is 2. The maximum atomic E-state index is 3.42. The number of rotatable bonds is 2. The van der Waals surface area contributed by atoms with E-state index < -0.39 is 0 Å². The Morgan fingerprint density at radius 1 is 0.895 bits per heavy atom. The van der Waals surface area contributed by atoms with Gasteiger partial charge in [-0.15, -0.1) is 0 Å². The third-order valence-corrected chi connectivity index (χ3v) is 3.76. The van der Waals surface area contributed by atoms with Crippen molar-refractivity contribution in [1.82, 2.24) is 5.32 Å². The maximum Gasteiger partial charge on any atom is 0.0476 e. The van der Waals surface area contributed by atoms with E-state index in [1.165, 1.54) is 22.4 Å². The molecule has 0 spiro atoms. The van der Waals surface area contributed by atoms with Crippen molar-refractivity contribution < 1.29 is 0 Å². The molecule has 0 unspecified atom stereocenters. The minimum Gasteiger partial charge on any atom is -0.368 e. The third-order valence-electron chi connectivity index (χ3n) is 3.76. The molecule has 98 valence electrons. The summed E-state index contributed by atoms with van der Waals surface area (Å²) >= 11 is 0. The van der Waals surface area contributed by atoms with Crippen LogP contribution in [0.1, 0.15) is 5.56 Å². The SMILES string of the molecule is Cc1cccc(-c2ccccc2)c1N1CCNCC1. The Bertz CT molecular complexity index is 542. The summed E-state index contributed by atoms with van der Waals surface area (Å²) in [5.41, 5.74) is 5.42. The Labute approximate surface area is 115 Å². The molecular weight excluding hydrogens is 232 g/mol. The molecule has 1 aliphatic heterocycles. The highest BCUT2D eigenvalue weighted by Gasteiger charge is 2.16. The topological polar surface area (TPSA) is 15.3 Å². The van der Waals surface area contributed by atoms with E-state index >= 15 is 0 Å². The average molecular weight is 252 g/mol. The summed E-state index contributed by atoms with van der Waals surface area (Å²) in [7, 11) is 0. The minimum atomic E-state index is 1.07. The molecule has 2 heteroatoms. The second-order valence-corrected chi connectivity index (χ2v) is 5.07. The zero-order chi connectivity index (χ0) is 13.1. The molecule has 0 saturated carbocycles. The molecule has 19 heavy (non-hydrogen) atoms. The van der Waals surface area contributed by atoms with Crippen molar-refractivity contribution in [2.24, 2.45) is 0 Å². The number of para-hydroxylation sites is 1. The van der Waals surface area contributed by atoms with Crippen LogP contribution in [0.15, 0.2) is 48.5 Å². The standard InChI is InChI=1S/C17H20N2/c1-14-6-5-9-16(15-7-3-2-4-8-15)17(14)19-12-10-18-11-13-19/h2-9,18H,10-13H2,1H3. The van der Waals surface area contributed by atoms with E-state index in [9.17, 15) is 0 Å². The van der Waals surface area contributed by atoms with Gasteiger partial charge in [-0.3, -0.25) is 0 Å². The summed E-state index contributed by atoms with van der Waals surface area (Å²) in [4.78, 5) is 2.51. The van der Waals surface area contributed by atoms with Crippen LogP contribution in [0.25, 0.3) is 11.1 Å². The van der Waals surface area contributed by atoms with Gasteiger partial charge >= 0.3 is 0 Å². The number of anilines is 1. The van der Waals surface area contributed by atoms with E-state index in [1.54, 1.807) is 0 Å². The molecule has 2 aromatic rings. The molecule has 0 aliphatic carbocycles. The highest BCUT2D eigenvalue weighted by Crippen LogP contribution is 2.33. The molecule has 0 aromatic heterocycles. The molecule has 3 rings (SSSR count). The fraction of sp³-hybridized carbons (Fsp3) is 0.294. The lowest BCUT2D eigenvalue weighted by Crippen LogP contribution is -2.44. The summed E-state index contributed by atoms with van der Waals surface area (Å²) in [6, 6.07) is 17.3. The summed E-state index contributed by atoms with van der Waals surface area (Å²) in [5, 5.41) is 3.42. The lowest BCUT2D eigenvalue weighted by molar-refractivity contribution is 0.589. The van der Waals surface area contributed by atoms with E-state index in [-0.39, 0.29) is 0 Å². The van der Waals surface area contributed by atoms with Crippen LogP contribution < -0.4 is 10.2 Å². The van der Waals surface area contributed by atoms with Crippen LogP contribution in [0.4, 0.5) is 5.69 Å². The molecule has 1 N–H and O–H groups in total. The minimum absolute atomic E-state index is 1.07. The Kier molecular flexibility index (Phi) is 3.51. The zero-order valence-electron chi connectivity index (χ0n) is 11.4. The first-order chi connectivity index (χ1) is 9.36. The van der Waals surface area contributed by atoms with Crippen LogP contribution in [0, 0.1) is 6.92 Å². The molecule has 0 radical (unpaired) electrons. The van der Waals surface area contributed by atoms with E-state index in [2.05, 4.69) is 65.7 Å². The van der Waals surface area contributed by atoms with Crippen molar-refractivity contribution in [3.05, 3.63) is 54.1 Å². The van der Waals surface area contributed by atoms with E-state index in [4.69, 9.17) is 0 Å². The quantitative estimate of drug-likeness (QED) is 0.883. The molecule has 1 heterocycles. The zero-order valence-corrected chi connectivity index (χ0v) is 11.4. The number of hydrogen-bond donors (Lipinski definition) is 1. The summed E-state index contributed by atoms with van der Waals surface area (Å²) < 4.78 is 0. The van der Waals surface area contributed by atoms with Crippen molar-refractivity contribution in [2.45, 2.75) is 6.92 Å². The van der Waals surface area contributed by atoms with Crippen LogP contribution in [-0.2, 0) is 0 Å². The first-order valence-corrected chi connectivity index (χ1v) is 6.97. The molecular formula is C17H20N2. The van der Waals surface area contributed by atoms with Crippen molar-refractivity contribution in [2.75, 3.05) is 31.1 Å². The van der Waals surface area contributed by atoms with Crippen LogP contribution in [0.3, 0.4) is 0 Å². The fourth-order valence-corrected chi connectivity index (χ4v) is 2.82. The number of piperazine rings is 1. The van der Waals surface area contributed by atoms with E-state index in [0.717, 1.165) is 26.2 Å². The summed E-state index contributed by atoms with van der Waals surface area (Å²) in [6.45, 7) is 6.53. The summed E-state index contributed by atoms with van der Waals surface area (Å²) in [6.07, 6.45) is 0. The van der Waals surface area contributed by atoms with Crippen LogP contribution >= 0.6 is 0 Å². The summed E-state index contributed by atoms with van der Waals surface area (Å²) in [5.74, 6) is 0. The lowest BCUT2D eigenvalue weighted by Gasteiger charge is -2.32. The van der Waals surface area contributed by atoms with Gasteiger partial charge in [-0.05, 0) is 18.1 Å². The van der Waals surface area contributed by atoms with Gasteiger partial charge in [-0.1, -0.05) is 48.5 Å². The Morgan fingerprint density at radius 2 is 1.63 bits per heavy atom. The molecule has 0 amide bonds. The highest BCUT2D eigenvalue weighted by molar-refractivity contribution is 5.81. The second kappa shape index (κ2) is 5.45. The van der Waals surface area contributed by atoms with Crippen LogP contribution in [-0.4, -0.2) is 26.2 Å². The molecule has 1 saturated heterocycles. The monoisotopic (exact) mass is 252 g/mol. The average Bonchev–Trinajstić information content (AvgIpc) is 2.49. The maximum absolute atomic E-state index is 3.42. The van der Waals surface area contributed by atoms with Crippen molar-refractivity contribution >= 4 is 5.69 Å². The first-order valence-electron chi connectivity index (χ1n) is 6.97. The van der Waals surface area contributed by atoms with E-state index in [1.807, 2.05) is 0 Å². The Hall–Kier alpha value is -1.80. The van der Waals surface area contributed by atoms with Crippen molar-refractivity contribution in [1.29, 1.82) is 0 Å². The van der Waals surface area contributed by atoms with Crippen LogP contribution in [0.5, 0.6) is 0 Å². The number of aryl methyl sites for hydroxylation is 1. The van der Waals surface area contributed by atoms with Crippen LogP contribution in [0.2, 0.25) is 0 Å². The Balaban J connectivity index is 2.07. The number of nitrogens with one attached hydrogen (secondary N) is 1. The predicted molar refractivity (Wildman–Crippen MR) is 81.7 cm³/mol. The van der Waals surface area contributed by atoms with Gasteiger partial charge in [0.05, 0.1) is 0 Å². The normalized spacial score (nSPS) is 15.5. The van der Waals surface area contributed by atoms with Gasteiger partial charge in [0.2, 0.25) is 0 Å². The van der Waals surface area contributed by atoms with Crippen molar-refractivity contribution in [3.8, 4) is 11.1 Å². The molecule has 1 fully saturated rings. The lowest BCUT2D eigenvalue weighted by atomic mass is 9.99. The number of benzene rings is 2. The van der Waals surface area contributed by atoms with Gasteiger partial charge in [-0.2, -0.15) is 0 Å². The second-order valence-electron chi connectivity index (χ2n) is 5.07. The highest BCUT2D eigenvalue weighted by atomic mass is 15.2. The van der Waals surface area contributed by atoms with Crippen molar-refractivity contribution in [3.63, 3.8) is 0 Å². The molecule has 0 atom stereocenters. The Morgan fingerprint density at radius 3 is 2.37 bits per heavy atom. The van der Waals surface area contributed by atoms with Gasteiger partial charge < -0.3 is 10.2 Å². The first kappa shape index (κ1) is 12.2. The largest absolute Gasteiger partial charge is 0.368 e. The smallest absolute Gasteiger partial charge is 0.0476 e.